The Labute approximate surface area is 186 Å². The molecule has 1 aromatic heterocycles. The molecule has 2 aromatic carbocycles. The number of benzene rings is 2. The molecule has 2 heterocycles. The normalized spacial score (nSPS) is 14.6. The van der Waals surface area contributed by atoms with Gasteiger partial charge in [0.25, 0.3) is 5.91 Å². The highest BCUT2D eigenvalue weighted by atomic mass is 32.1. The number of carbonyl (C=O) groups is 1. The van der Waals surface area contributed by atoms with E-state index in [2.05, 4.69) is 17.9 Å². The van der Waals surface area contributed by atoms with Crippen LogP contribution < -0.4 is 4.74 Å². The molecule has 0 radical (unpaired) electrons. The molecule has 0 spiro atoms. The number of ether oxygens (including phenoxy) is 1. The molecule has 4 rings (SSSR count). The summed E-state index contributed by atoms with van der Waals surface area (Å²) in [7, 11) is 0. The number of hydrogen-bond acceptors (Lipinski definition) is 4. The van der Waals surface area contributed by atoms with Crippen LogP contribution in [0.5, 0.6) is 5.75 Å². The Balaban J connectivity index is 1.28. The maximum absolute atomic E-state index is 13.1. The lowest BCUT2D eigenvalue weighted by Gasteiger charge is -2.34. The van der Waals surface area contributed by atoms with Crippen molar-refractivity contribution < 1.29 is 13.9 Å². The molecule has 1 fully saturated rings. The molecule has 6 heteroatoms. The maximum Gasteiger partial charge on any atom is 0.264 e. The van der Waals surface area contributed by atoms with E-state index < -0.39 is 0 Å². The highest BCUT2D eigenvalue weighted by Gasteiger charge is 2.23. The molecule has 0 aliphatic carbocycles. The second-order valence-electron chi connectivity index (χ2n) is 8.07. The Hall–Kier alpha value is -2.70. The topological polar surface area (TPSA) is 32.8 Å². The van der Waals surface area contributed by atoms with Gasteiger partial charge in [-0.15, -0.1) is 11.3 Å². The summed E-state index contributed by atoms with van der Waals surface area (Å²) in [6.07, 6.45) is 0. The first-order valence-electron chi connectivity index (χ1n) is 10.5. The van der Waals surface area contributed by atoms with Gasteiger partial charge in [-0.05, 0) is 54.6 Å². The smallest absolute Gasteiger partial charge is 0.264 e. The van der Waals surface area contributed by atoms with Crippen LogP contribution in [-0.4, -0.2) is 41.9 Å². The minimum Gasteiger partial charge on any atom is -0.489 e. The van der Waals surface area contributed by atoms with Crippen molar-refractivity contribution in [3.05, 3.63) is 86.9 Å². The van der Waals surface area contributed by atoms with Crippen molar-refractivity contribution in [1.29, 1.82) is 0 Å². The molecule has 1 aliphatic heterocycles. The summed E-state index contributed by atoms with van der Waals surface area (Å²) < 4.78 is 19.0. The molecule has 0 bridgehead atoms. The zero-order valence-corrected chi connectivity index (χ0v) is 18.8. The number of piperazine rings is 1. The van der Waals surface area contributed by atoms with Crippen LogP contribution in [0.4, 0.5) is 4.39 Å². The van der Waals surface area contributed by atoms with Crippen LogP contribution in [0.2, 0.25) is 0 Å². The average molecular weight is 439 g/mol. The third-order valence-electron chi connectivity index (χ3n) is 5.57. The monoisotopic (exact) mass is 438 g/mol. The Morgan fingerprint density at radius 1 is 1.00 bits per heavy atom. The van der Waals surface area contributed by atoms with Crippen LogP contribution in [0.15, 0.2) is 53.9 Å². The minimum absolute atomic E-state index is 0.0872. The van der Waals surface area contributed by atoms with Crippen LogP contribution in [0.1, 0.15) is 31.9 Å². The van der Waals surface area contributed by atoms with E-state index >= 15 is 0 Å². The lowest BCUT2D eigenvalue weighted by atomic mass is 10.1. The number of amides is 1. The second kappa shape index (κ2) is 9.62. The Kier molecular flexibility index (Phi) is 6.68. The van der Waals surface area contributed by atoms with Crippen molar-refractivity contribution in [2.45, 2.75) is 27.0 Å². The van der Waals surface area contributed by atoms with Gasteiger partial charge < -0.3 is 9.64 Å². The van der Waals surface area contributed by atoms with Gasteiger partial charge in [-0.1, -0.05) is 29.8 Å². The number of rotatable bonds is 6. The van der Waals surface area contributed by atoms with E-state index in [1.54, 1.807) is 0 Å². The molecule has 4 nitrogen and oxygen atoms in total. The number of aryl methyl sites for hydroxylation is 2. The van der Waals surface area contributed by atoms with Gasteiger partial charge in [0.15, 0.2) is 0 Å². The summed E-state index contributed by atoms with van der Waals surface area (Å²) in [5, 5.41) is 2.00. The van der Waals surface area contributed by atoms with E-state index in [0.29, 0.717) is 19.7 Å². The van der Waals surface area contributed by atoms with E-state index in [0.717, 1.165) is 47.0 Å². The summed E-state index contributed by atoms with van der Waals surface area (Å²) in [6, 6.07) is 14.7. The van der Waals surface area contributed by atoms with Gasteiger partial charge in [0.2, 0.25) is 0 Å². The summed E-state index contributed by atoms with van der Waals surface area (Å²) in [5.74, 6) is 0.750. The van der Waals surface area contributed by atoms with Crippen LogP contribution in [0.3, 0.4) is 0 Å². The average Bonchev–Trinajstić information content (AvgIpc) is 3.24. The van der Waals surface area contributed by atoms with Crippen LogP contribution in [0, 0.1) is 19.7 Å². The van der Waals surface area contributed by atoms with Gasteiger partial charge in [0, 0.05) is 38.3 Å². The van der Waals surface area contributed by atoms with E-state index in [-0.39, 0.29) is 11.7 Å². The van der Waals surface area contributed by atoms with Crippen molar-refractivity contribution in [3.8, 4) is 5.75 Å². The molecular formula is C25H27FN2O2S. The summed E-state index contributed by atoms with van der Waals surface area (Å²) in [6.45, 7) is 8.38. The Morgan fingerprint density at radius 2 is 1.74 bits per heavy atom. The first-order chi connectivity index (χ1) is 15.0. The van der Waals surface area contributed by atoms with Gasteiger partial charge in [-0.3, -0.25) is 9.69 Å². The molecule has 0 unspecified atom stereocenters. The predicted octanol–water partition coefficient (Wildman–Crippen LogP) is 5.04. The molecule has 0 N–H and O–H groups in total. The van der Waals surface area contributed by atoms with Gasteiger partial charge in [-0.2, -0.15) is 0 Å². The molecule has 1 aliphatic rings. The highest BCUT2D eigenvalue weighted by Crippen LogP contribution is 2.23. The number of halogens is 1. The van der Waals surface area contributed by atoms with Crippen LogP contribution in [0.25, 0.3) is 0 Å². The van der Waals surface area contributed by atoms with E-state index in [1.165, 1.54) is 29.0 Å². The molecular weight excluding hydrogens is 411 g/mol. The molecule has 162 valence electrons. The molecule has 0 atom stereocenters. The number of hydrogen-bond donors (Lipinski definition) is 0. The van der Waals surface area contributed by atoms with Gasteiger partial charge in [0.1, 0.15) is 18.2 Å². The first-order valence-corrected chi connectivity index (χ1v) is 11.4. The zero-order chi connectivity index (χ0) is 21.8. The SMILES string of the molecule is Cc1ccc(OCc2csc(C(=O)N3CCN(Cc4ccc(F)cc4)CC3)c2)c(C)c1. The fourth-order valence-electron chi connectivity index (χ4n) is 3.80. The fraction of sp³-hybridized carbons (Fsp3) is 0.320. The Bertz CT molecular complexity index is 1040. The van der Waals surface area contributed by atoms with E-state index in [9.17, 15) is 9.18 Å². The largest absolute Gasteiger partial charge is 0.489 e. The van der Waals surface area contributed by atoms with E-state index in [1.807, 2.05) is 47.5 Å². The lowest BCUT2D eigenvalue weighted by molar-refractivity contribution is 0.0633. The minimum atomic E-state index is -0.214. The highest BCUT2D eigenvalue weighted by molar-refractivity contribution is 7.12. The maximum atomic E-state index is 13.1. The zero-order valence-electron chi connectivity index (χ0n) is 17.9. The first kappa shape index (κ1) is 21.5. The van der Waals surface area contributed by atoms with Crippen molar-refractivity contribution in [1.82, 2.24) is 9.80 Å². The third-order valence-corrected chi connectivity index (χ3v) is 6.54. The number of carbonyl (C=O) groups excluding carboxylic acids is 1. The number of nitrogens with zero attached hydrogens (tertiary/aromatic N) is 2. The van der Waals surface area contributed by atoms with E-state index in [4.69, 9.17) is 4.74 Å². The molecule has 31 heavy (non-hydrogen) atoms. The van der Waals surface area contributed by atoms with Gasteiger partial charge >= 0.3 is 0 Å². The number of thiophene rings is 1. The summed E-state index contributed by atoms with van der Waals surface area (Å²) >= 11 is 1.48. The Morgan fingerprint density at radius 3 is 2.45 bits per heavy atom. The van der Waals surface area contributed by atoms with Crippen molar-refractivity contribution in [3.63, 3.8) is 0 Å². The molecule has 1 amide bonds. The standard InChI is InChI=1S/C25H27FN2O2S/c1-18-3-8-23(19(2)13-18)30-16-21-14-24(31-17-21)25(29)28-11-9-27(10-12-28)15-20-4-6-22(26)7-5-20/h3-8,13-14,17H,9-12,15-16H2,1-2H3. The van der Waals surface area contributed by atoms with Gasteiger partial charge in [0.05, 0.1) is 4.88 Å². The molecule has 1 saturated heterocycles. The van der Waals surface area contributed by atoms with Crippen molar-refractivity contribution in [2.24, 2.45) is 0 Å². The van der Waals surface area contributed by atoms with Gasteiger partial charge in [-0.25, -0.2) is 4.39 Å². The quantitative estimate of drug-likeness (QED) is 0.541. The van der Waals surface area contributed by atoms with Crippen molar-refractivity contribution >= 4 is 17.2 Å². The van der Waals surface area contributed by atoms with Crippen LogP contribution >= 0.6 is 11.3 Å². The second-order valence-corrected chi connectivity index (χ2v) is 8.98. The van der Waals surface area contributed by atoms with Crippen LogP contribution in [-0.2, 0) is 13.2 Å². The third kappa shape index (κ3) is 5.51. The molecule has 0 saturated carbocycles. The lowest BCUT2D eigenvalue weighted by Crippen LogP contribution is -2.48. The summed E-state index contributed by atoms with van der Waals surface area (Å²) in [5.41, 5.74) is 4.44. The fourth-order valence-corrected chi connectivity index (χ4v) is 4.66. The predicted molar refractivity (Wildman–Crippen MR) is 122 cm³/mol. The summed E-state index contributed by atoms with van der Waals surface area (Å²) in [4.78, 5) is 17.9. The van der Waals surface area contributed by atoms with Crippen molar-refractivity contribution in [2.75, 3.05) is 26.2 Å². The molecule has 3 aromatic rings.